The lowest BCUT2D eigenvalue weighted by Gasteiger charge is -2.37. The van der Waals surface area contributed by atoms with Crippen molar-refractivity contribution in [2.45, 2.75) is 30.7 Å². The van der Waals surface area contributed by atoms with E-state index < -0.39 is 22.0 Å². The van der Waals surface area contributed by atoms with Crippen LogP contribution >= 0.6 is 0 Å². The molecule has 2 aliphatic rings. The van der Waals surface area contributed by atoms with E-state index in [0.29, 0.717) is 11.3 Å². The van der Waals surface area contributed by atoms with Gasteiger partial charge in [-0.05, 0) is 54.7 Å². The zero-order valence-electron chi connectivity index (χ0n) is 18.2. The van der Waals surface area contributed by atoms with Gasteiger partial charge in [-0.2, -0.15) is 4.31 Å². The molecule has 2 atom stereocenters. The number of ketones is 1. The summed E-state index contributed by atoms with van der Waals surface area (Å²) in [7, 11) is -1.18. The molecule has 0 aromatic heterocycles. The second-order valence-electron chi connectivity index (χ2n) is 8.09. The van der Waals surface area contributed by atoms with Crippen LogP contribution in [0, 0.1) is 12.8 Å². The summed E-state index contributed by atoms with van der Waals surface area (Å²) < 4.78 is 38.3. The Balaban J connectivity index is 1.79. The molecule has 1 fully saturated rings. The Morgan fingerprint density at radius 1 is 1.03 bits per heavy atom. The number of nitrogens with zero attached hydrogens (tertiary/aromatic N) is 1. The van der Waals surface area contributed by atoms with E-state index in [2.05, 4.69) is 0 Å². The van der Waals surface area contributed by atoms with Crippen LogP contribution < -0.4 is 4.74 Å². The molecule has 0 radical (unpaired) electrons. The Bertz CT molecular complexity index is 1180. The summed E-state index contributed by atoms with van der Waals surface area (Å²) in [6.07, 6.45) is 0.459. The maximum atomic E-state index is 13.5. The first-order chi connectivity index (χ1) is 15.3. The van der Waals surface area contributed by atoms with Crippen LogP contribution in [0.4, 0.5) is 0 Å². The molecule has 1 aliphatic carbocycles. The van der Waals surface area contributed by atoms with Gasteiger partial charge in [0, 0.05) is 18.5 Å². The van der Waals surface area contributed by atoms with Crippen molar-refractivity contribution in [1.29, 1.82) is 0 Å². The summed E-state index contributed by atoms with van der Waals surface area (Å²) in [4.78, 5) is 25.6. The lowest BCUT2D eigenvalue weighted by Crippen LogP contribution is -2.50. The number of sulfonamides is 1. The highest BCUT2D eigenvalue weighted by atomic mass is 32.2. The van der Waals surface area contributed by atoms with Gasteiger partial charge in [-0.3, -0.25) is 9.59 Å². The van der Waals surface area contributed by atoms with Crippen LogP contribution in [0.2, 0.25) is 0 Å². The second kappa shape index (κ2) is 8.52. The van der Waals surface area contributed by atoms with Gasteiger partial charge in [-0.1, -0.05) is 29.8 Å². The molecule has 8 heteroatoms. The molecular formula is C24H25NO6S. The number of rotatable bonds is 5. The van der Waals surface area contributed by atoms with Crippen LogP contribution in [0.5, 0.6) is 5.75 Å². The number of Topliss-reactive ketones (excluding diaryl/α,β-unsaturated/α-hetero) is 1. The number of aryl methyl sites for hydroxylation is 1. The van der Waals surface area contributed by atoms with Crippen molar-refractivity contribution < 1.29 is 27.5 Å². The number of carbonyl (C=O) groups excluding carboxylic acids is 2. The van der Waals surface area contributed by atoms with Gasteiger partial charge in [0.2, 0.25) is 10.0 Å². The number of ether oxygens (including phenoxy) is 2. The molecule has 1 heterocycles. The number of allylic oxidation sites excluding steroid dienone is 1. The molecule has 2 aromatic carbocycles. The fraction of sp³-hybridized carbons (Fsp3) is 0.333. The summed E-state index contributed by atoms with van der Waals surface area (Å²) in [5.74, 6) is -0.203. The number of methoxy groups -OCH3 is 2. The first kappa shape index (κ1) is 22.2. The zero-order valence-corrected chi connectivity index (χ0v) is 19.0. The lowest BCUT2D eigenvalue weighted by molar-refractivity contribution is -0.146. The lowest BCUT2D eigenvalue weighted by atomic mass is 9.88. The van der Waals surface area contributed by atoms with Crippen molar-refractivity contribution in [3.05, 3.63) is 65.2 Å². The molecule has 2 aromatic rings. The maximum Gasteiger partial charge on any atom is 0.324 e. The quantitative estimate of drug-likeness (QED) is 0.644. The SMILES string of the molecule is COC(=O)[C@@H]1C[C@H]2CC(=O)C(c3ccc(OC)cc3)=C2CN1S(=O)(=O)c1ccc(C)cc1. The molecule has 1 saturated heterocycles. The normalized spacial score (nSPS) is 21.4. The molecule has 0 spiro atoms. The zero-order chi connectivity index (χ0) is 23.0. The van der Waals surface area contributed by atoms with Crippen LogP contribution in [0.15, 0.2) is 59.0 Å². The van der Waals surface area contributed by atoms with Crippen LogP contribution in [0.1, 0.15) is 24.0 Å². The molecule has 168 valence electrons. The third kappa shape index (κ3) is 3.84. The summed E-state index contributed by atoms with van der Waals surface area (Å²) in [6.45, 7) is 1.84. The minimum Gasteiger partial charge on any atom is -0.497 e. The smallest absolute Gasteiger partial charge is 0.324 e. The number of fused-ring (bicyclic) bond motifs is 1. The summed E-state index contributed by atoms with van der Waals surface area (Å²) in [5, 5.41) is 0. The highest BCUT2D eigenvalue weighted by Crippen LogP contribution is 2.44. The fourth-order valence-electron chi connectivity index (χ4n) is 4.48. The van der Waals surface area contributed by atoms with E-state index in [1.165, 1.54) is 23.5 Å². The van der Waals surface area contributed by atoms with Crippen molar-refractivity contribution in [2.24, 2.45) is 5.92 Å². The number of carbonyl (C=O) groups is 2. The van der Waals surface area contributed by atoms with E-state index in [1.807, 2.05) is 6.92 Å². The average Bonchev–Trinajstić information content (AvgIpc) is 3.12. The van der Waals surface area contributed by atoms with Crippen molar-refractivity contribution in [2.75, 3.05) is 20.8 Å². The number of hydrogen-bond donors (Lipinski definition) is 0. The van der Waals surface area contributed by atoms with Crippen molar-refractivity contribution in [3.8, 4) is 5.75 Å². The molecular weight excluding hydrogens is 430 g/mol. The minimum absolute atomic E-state index is 0.0340. The predicted octanol–water partition coefficient (Wildman–Crippen LogP) is 2.98. The van der Waals surface area contributed by atoms with Crippen molar-refractivity contribution in [3.63, 3.8) is 0 Å². The predicted molar refractivity (Wildman–Crippen MR) is 119 cm³/mol. The van der Waals surface area contributed by atoms with Gasteiger partial charge < -0.3 is 9.47 Å². The molecule has 4 rings (SSSR count). The average molecular weight is 456 g/mol. The summed E-state index contributed by atoms with van der Waals surface area (Å²) in [5.41, 5.74) is 2.93. The first-order valence-corrected chi connectivity index (χ1v) is 11.8. The molecule has 1 aliphatic heterocycles. The monoisotopic (exact) mass is 455 g/mol. The second-order valence-corrected chi connectivity index (χ2v) is 9.98. The van der Waals surface area contributed by atoms with E-state index in [1.54, 1.807) is 43.5 Å². The molecule has 0 amide bonds. The van der Waals surface area contributed by atoms with Gasteiger partial charge in [0.25, 0.3) is 0 Å². The standard InChI is InChI=1S/C24H25NO6S/c1-15-4-10-19(11-5-15)32(28,29)25-14-20-17(12-21(25)24(27)31-3)13-22(26)23(20)16-6-8-18(30-2)9-7-16/h4-11,17,21H,12-14H2,1-3H3/t17-,21-/m0/s1. The number of benzene rings is 2. The van der Waals surface area contributed by atoms with E-state index in [9.17, 15) is 18.0 Å². The number of piperidine rings is 1. The highest BCUT2D eigenvalue weighted by Gasteiger charge is 2.47. The van der Waals surface area contributed by atoms with Gasteiger partial charge >= 0.3 is 5.97 Å². The van der Waals surface area contributed by atoms with Crippen LogP contribution in [-0.4, -0.2) is 51.3 Å². The van der Waals surface area contributed by atoms with E-state index in [4.69, 9.17) is 9.47 Å². The molecule has 0 unspecified atom stereocenters. The van der Waals surface area contributed by atoms with E-state index in [0.717, 1.165) is 16.7 Å². The summed E-state index contributed by atoms with van der Waals surface area (Å²) in [6, 6.07) is 12.6. The number of hydrogen-bond acceptors (Lipinski definition) is 6. The fourth-order valence-corrected chi connectivity index (χ4v) is 6.05. The Hall–Kier alpha value is -2.97. The molecule has 0 saturated carbocycles. The third-order valence-corrected chi connectivity index (χ3v) is 8.05. The molecule has 32 heavy (non-hydrogen) atoms. The Labute approximate surface area is 187 Å². The molecule has 0 N–H and O–H groups in total. The third-order valence-electron chi connectivity index (χ3n) is 6.19. The minimum atomic E-state index is -3.99. The molecule has 0 bridgehead atoms. The highest BCUT2D eigenvalue weighted by molar-refractivity contribution is 7.89. The van der Waals surface area contributed by atoms with Crippen molar-refractivity contribution >= 4 is 27.3 Å². The summed E-state index contributed by atoms with van der Waals surface area (Å²) >= 11 is 0. The Morgan fingerprint density at radius 2 is 1.69 bits per heavy atom. The molecule has 7 nitrogen and oxygen atoms in total. The van der Waals surface area contributed by atoms with E-state index in [-0.39, 0.29) is 36.0 Å². The van der Waals surface area contributed by atoms with Gasteiger partial charge in [0.05, 0.1) is 19.1 Å². The largest absolute Gasteiger partial charge is 0.497 e. The van der Waals surface area contributed by atoms with Gasteiger partial charge in [0.15, 0.2) is 5.78 Å². The van der Waals surface area contributed by atoms with Crippen LogP contribution in [-0.2, 0) is 24.3 Å². The van der Waals surface area contributed by atoms with Gasteiger partial charge in [-0.25, -0.2) is 8.42 Å². The Morgan fingerprint density at radius 3 is 2.28 bits per heavy atom. The first-order valence-electron chi connectivity index (χ1n) is 10.3. The van der Waals surface area contributed by atoms with Gasteiger partial charge in [0.1, 0.15) is 11.8 Å². The van der Waals surface area contributed by atoms with Crippen molar-refractivity contribution in [1.82, 2.24) is 4.31 Å². The topological polar surface area (TPSA) is 90.0 Å². The number of esters is 1. The van der Waals surface area contributed by atoms with Gasteiger partial charge in [-0.15, -0.1) is 0 Å². The van der Waals surface area contributed by atoms with Crippen LogP contribution in [0.25, 0.3) is 5.57 Å². The van der Waals surface area contributed by atoms with E-state index >= 15 is 0 Å². The van der Waals surface area contributed by atoms with Crippen LogP contribution in [0.3, 0.4) is 0 Å². The Kier molecular flexibility index (Phi) is 5.92. The maximum absolute atomic E-state index is 13.5.